The number of hydrogen-bond donors (Lipinski definition) is 3. The summed E-state index contributed by atoms with van der Waals surface area (Å²) in [5.74, 6) is 1.44. The van der Waals surface area contributed by atoms with Gasteiger partial charge >= 0.3 is 0 Å². The highest BCUT2D eigenvalue weighted by molar-refractivity contribution is 6.31. The molecule has 1 amide bonds. The van der Waals surface area contributed by atoms with Gasteiger partial charge in [0.15, 0.2) is 17.3 Å². The van der Waals surface area contributed by atoms with Crippen molar-refractivity contribution in [1.29, 1.82) is 0 Å². The van der Waals surface area contributed by atoms with Gasteiger partial charge in [0, 0.05) is 24.4 Å². The number of nitrogens with zero attached hydrogens (tertiary/aromatic N) is 2. The van der Waals surface area contributed by atoms with Gasteiger partial charge in [0.05, 0.1) is 23.3 Å². The smallest absolute Gasteiger partial charge is 0.222 e. The van der Waals surface area contributed by atoms with Crippen LogP contribution in [0.25, 0.3) is 10.9 Å². The molecular weight excluding hydrogens is 507 g/mol. The Balaban J connectivity index is 0.000000260. The second-order valence-electron chi connectivity index (χ2n) is 9.36. The maximum Gasteiger partial charge on any atom is 0.222 e. The van der Waals surface area contributed by atoms with Crippen LogP contribution in [0.4, 0.5) is 15.9 Å². The van der Waals surface area contributed by atoms with E-state index in [9.17, 15) is 14.3 Å². The molecule has 0 unspecified atom stereocenters. The maximum atomic E-state index is 14.0. The molecule has 2 aromatic carbocycles. The quantitative estimate of drug-likeness (QED) is 0.294. The molecule has 3 aromatic rings. The van der Waals surface area contributed by atoms with Crippen LogP contribution in [0.2, 0.25) is 5.02 Å². The third-order valence-corrected chi connectivity index (χ3v) is 6.93. The van der Waals surface area contributed by atoms with Crippen molar-refractivity contribution in [1.82, 2.24) is 15.3 Å². The summed E-state index contributed by atoms with van der Waals surface area (Å²) >= 11 is 5.76. The number of benzene rings is 2. The van der Waals surface area contributed by atoms with E-state index in [0.29, 0.717) is 22.5 Å². The minimum Gasteiger partial charge on any atom is -0.504 e. The van der Waals surface area contributed by atoms with Crippen LogP contribution in [-0.4, -0.2) is 35.1 Å². The first kappa shape index (κ1) is 31.1. The van der Waals surface area contributed by atoms with Crippen molar-refractivity contribution in [2.45, 2.75) is 65.7 Å². The second-order valence-corrected chi connectivity index (χ2v) is 9.77. The number of amides is 1. The topological polar surface area (TPSA) is 96.4 Å². The lowest BCUT2D eigenvalue weighted by Crippen LogP contribution is -2.26. The van der Waals surface area contributed by atoms with Crippen LogP contribution in [0, 0.1) is 17.7 Å². The highest BCUT2D eigenvalue weighted by Crippen LogP contribution is 2.34. The van der Waals surface area contributed by atoms with Gasteiger partial charge in [0.2, 0.25) is 5.91 Å². The van der Waals surface area contributed by atoms with Crippen LogP contribution < -0.4 is 15.4 Å². The van der Waals surface area contributed by atoms with E-state index >= 15 is 0 Å². The highest BCUT2D eigenvalue weighted by atomic mass is 35.5. The Hall–Kier alpha value is -3.13. The lowest BCUT2D eigenvalue weighted by molar-refractivity contribution is -0.124. The minimum atomic E-state index is -0.575. The van der Waals surface area contributed by atoms with Gasteiger partial charge in [-0.05, 0) is 37.0 Å². The number of carbonyl (C=O) groups is 1. The van der Waals surface area contributed by atoms with Gasteiger partial charge in [-0.3, -0.25) is 4.79 Å². The molecule has 1 aliphatic carbocycles. The van der Waals surface area contributed by atoms with Gasteiger partial charge in [-0.25, -0.2) is 14.4 Å². The first-order chi connectivity index (χ1) is 18.2. The van der Waals surface area contributed by atoms with E-state index in [-0.39, 0.29) is 28.3 Å². The van der Waals surface area contributed by atoms with Crippen molar-refractivity contribution in [3.63, 3.8) is 0 Å². The normalized spacial score (nSPS) is 13.2. The number of fused-ring (bicyclic) bond motifs is 1. The Morgan fingerprint density at radius 3 is 2.39 bits per heavy atom. The summed E-state index contributed by atoms with van der Waals surface area (Å²) in [7, 11) is 3.13. The van der Waals surface area contributed by atoms with Gasteiger partial charge in [-0.1, -0.05) is 70.5 Å². The largest absolute Gasteiger partial charge is 0.504 e. The average Bonchev–Trinajstić information content (AvgIpc) is 2.93. The molecule has 1 heterocycles. The molecule has 0 radical (unpaired) electrons. The van der Waals surface area contributed by atoms with Crippen LogP contribution in [-0.2, 0) is 4.79 Å². The molecule has 208 valence electrons. The SMILES string of the molecule is CC1CCCCC1.CCC(CC)C(=O)NC.COc1cc2ncnc(Nc3cccc(Cl)c3F)c2cc1O. The fourth-order valence-electron chi connectivity index (χ4n) is 4.23. The molecule has 1 fully saturated rings. The highest BCUT2D eigenvalue weighted by Gasteiger charge is 2.13. The second kappa shape index (κ2) is 16.0. The van der Waals surface area contributed by atoms with E-state index in [1.807, 2.05) is 13.8 Å². The number of phenolic OH excluding ortho intramolecular Hbond substituents is 1. The standard InChI is InChI=1S/C15H11ClFN3O2.C7H15NO.C7H14/c1-22-13-6-11-8(5-12(13)21)15(19-7-18-11)20-10-4-2-3-9(16)14(10)17;1-4-6(5-2)7(9)8-3;1-7-5-3-2-4-6-7/h2-7,21H,1H3,(H,18,19,20);6H,4-5H2,1-3H3,(H,8,9);7H,2-6H2,1H3. The van der Waals surface area contributed by atoms with E-state index in [1.54, 1.807) is 25.2 Å². The zero-order chi connectivity index (χ0) is 28.1. The number of methoxy groups -OCH3 is 1. The molecule has 0 bridgehead atoms. The monoisotopic (exact) mass is 546 g/mol. The summed E-state index contributed by atoms with van der Waals surface area (Å²) in [5, 5.41) is 15.9. The Morgan fingerprint density at radius 1 is 1.18 bits per heavy atom. The molecule has 0 atom stereocenters. The summed E-state index contributed by atoms with van der Waals surface area (Å²) in [6.45, 7) is 6.42. The molecule has 0 spiro atoms. The molecule has 9 heteroatoms. The minimum absolute atomic E-state index is 0.00729. The maximum absolute atomic E-state index is 14.0. The van der Waals surface area contributed by atoms with Crippen molar-refractivity contribution in [3.8, 4) is 11.5 Å². The number of halogens is 2. The van der Waals surface area contributed by atoms with Gasteiger partial charge in [0.1, 0.15) is 12.1 Å². The number of rotatable bonds is 6. The van der Waals surface area contributed by atoms with Gasteiger partial charge < -0.3 is 20.5 Å². The fourth-order valence-corrected chi connectivity index (χ4v) is 4.41. The zero-order valence-corrected chi connectivity index (χ0v) is 23.7. The molecule has 1 aliphatic rings. The van der Waals surface area contributed by atoms with Gasteiger partial charge in [0.25, 0.3) is 0 Å². The lowest BCUT2D eigenvalue weighted by Gasteiger charge is -2.15. The molecule has 0 saturated heterocycles. The molecule has 7 nitrogen and oxygen atoms in total. The first-order valence-electron chi connectivity index (χ1n) is 13.2. The van der Waals surface area contributed by atoms with E-state index in [0.717, 1.165) is 18.8 Å². The summed E-state index contributed by atoms with van der Waals surface area (Å²) in [5.41, 5.74) is 0.734. The predicted molar refractivity (Wildman–Crippen MR) is 153 cm³/mol. The summed E-state index contributed by atoms with van der Waals surface area (Å²) in [4.78, 5) is 19.1. The predicted octanol–water partition coefficient (Wildman–Crippen LogP) is 7.64. The molecule has 0 aliphatic heterocycles. The van der Waals surface area contributed by atoms with Crippen LogP contribution in [0.5, 0.6) is 11.5 Å². The van der Waals surface area contributed by atoms with Crippen LogP contribution in [0.15, 0.2) is 36.7 Å². The lowest BCUT2D eigenvalue weighted by atomic mass is 9.91. The van der Waals surface area contributed by atoms with Crippen molar-refractivity contribution in [3.05, 3.63) is 47.5 Å². The van der Waals surface area contributed by atoms with Crippen LogP contribution in [0.3, 0.4) is 0 Å². The number of phenols is 1. The summed E-state index contributed by atoms with van der Waals surface area (Å²) in [6, 6.07) is 7.65. The molecule has 1 saturated carbocycles. The Bertz CT molecular complexity index is 1170. The molecular formula is C29H40ClFN4O3. The van der Waals surface area contributed by atoms with Gasteiger partial charge in [-0.15, -0.1) is 0 Å². The number of hydrogen-bond acceptors (Lipinski definition) is 6. The van der Waals surface area contributed by atoms with E-state index < -0.39 is 5.82 Å². The molecule has 4 rings (SSSR count). The zero-order valence-electron chi connectivity index (χ0n) is 23.0. The van der Waals surface area contributed by atoms with Crippen molar-refractivity contribution >= 4 is 39.9 Å². The van der Waals surface area contributed by atoms with E-state index in [1.165, 1.54) is 57.7 Å². The molecule has 3 N–H and O–H groups in total. The van der Waals surface area contributed by atoms with E-state index in [2.05, 4.69) is 27.5 Å². The van der Waals surface area contributed by atoms with E-state index in [4.69, 9.17) is 16.3 Å². The fraction of sp³-hybridized carbons (Fsp3) is 0.483. The summed E-state index contributed by atoms with van der Waals surface area (Å²) in [6.07, 6.45) is 10.7. The number of aromatic nitrogens is 2. The Morgan fingerprint density at radius 2 is 1.87 bits per heavy atom. The third kappa shape index (κ3) is 9.01. The average molecular weight is 547 g/mol. The number of ether oxygens (including phenoxy) is 1. The molecule has 1 aromatic heterocycles. The first-order valence-corrected chi connectivity index (χ1v) is 13.6. The summed E-state index contributed by atoms with van der Waals surface area (Å²) < 4.78 is 19.0. The van der Waals surface area contributed by atoms with Crippen LogP contribution >= 0.6 is 11.6 Å². The van der Waals surface area contributed by atoms with Crippen molar-refractivity contribution in [2.24, 2.45) is 11.8 Å². The number of nitrogens with one attached hydrogen (secondary N) is 2. The number of anilines is 2. The third-order valence-electron chi connectivity index (χ3n) is 6.64. The Labute approximate surface area is 230 Å². The number of aromatic hydroxyl groups is 1. The van der Waals surface area contributed by atoms with Crippen molar-refractivity contribution < 1.29 is 19.0 Å². The Kier molecular flexibility index (Phi) is 13.1. The number of carbonyl (C=O) groups excluding carboxylic acids is 1. The van der Waals surface area contributed by atoms with Gasteiger partial charge in [-0.2, -0.15) is 0 Å². The van der Waals surface area contributed by atoms with Crippen LogP contribution in [0.1, 0.15) is 65.7 Å². The van der Waals surface area contributed by atoms with Crippen molar-refractivity contribution in [2.75, 3.05) is 19.5 Å². The molecule has 38 heavy (non-hydrogen) atoms.